The number of hydrogen-bond acceptors (Lipinski definition) is 3. The first-order valence-electron chi connectivity index (χ1n) is 8.89. The molecule has 1 aliphatic rings. The number of esters is 1. The number of fused-ring (bicyclic) bond motifs is 1. The van der Waals surface area contributed by atoms with Crippen molar-refractivity contribution < 1.29 is 9.53 Å². The highest BCUT2D eigenvalue weighted by Gasteiger charge is 2.34. The van der Waals surface area contributed by atoms with E-state index in [9.17, 15) is 4.79 Å². The Morgan fingerprint density at radius 1 is 1.23 bits per heavy atom. The highest BCUT2D eigenvalue weighted by Crippen LogP contribution is 2.40. The highest BCUT2D eigenvalue weighted by atomic mass is 35.5. The van der Waals surface area contributed by atoms with Crippen LogP contribution < -0.4 is 0 Å². The smallest absolute Gasteiger partial charge is 0.310 e. The molecule has 26 heavy (non-hydrogen) atoms. The molecule has 136 valence electrons. The quantitative estimate of drug-likeness (QED) is 0.500. The van der Waals surface area contributed by atoms with Gasteiger partial charge in [-0.2, -0.15) is 0 Å². The second-order valence-corrected chi connectivity index (χ2v) is 8.19. The maximum Gasteiger partial charge on any atom is 0.310 e. The van der Waals surface area contributed by atoms with E-state index >= 15 is 0 Å². The number of aromatic nitrogens is 1. The summed E-state index contributed by atoms with van der Waals surface area (Å²) in [7, 11) is 0. The third-order valence-corrected chi connectivity index (χ3v) is 4.87. The Labute approximate surface area is 160 Å². The molecular weight excluding hydrogens is 346 g/mol. The number of benzene rings is 1. The van der Waals surface area contributed by atoms with Crippen molar-refractivity contribution in [1.29, 1.82) is 0 Å². The Morgan fingerprint density at radius 2 is 1.96 bits per heavy atom. The summed E-state index contributed by atoms with van der Waals surface area (Å²) in [4.78, 5) is 17.0. The molecule has 1 aliphatic carbocycles. The van der Waals surface area contributed by atoms with E-state index < -0.39 is 5.60 Å². The molecule has 0 aliphatic heterocycles. The first-order chi connectivity index (χ1) is 12.2. The van der Waals surface area contributed by atoms with Crippen LogP contribution in [0.25, 0.3) is 11.6 Å². The number of nitrogens with zero attached hydrogens (tertiary/aromatic N) is 1. The summed E-state index contributed by atoms with van der Waals surface area (Å²) in [6.45, 7) is 7.81. The van der Waals surface area contributed by atoms with Crippen molar-refractivity contribution in [2.24, 2.45) is 5.92 Å². The van der Waals surface area contributed by atoms with Crippen LogP contribution in [-0.2, 0) is 9.53 Å². The lowest BCUT2D eigenvalue weighted by Gasteiger charge is -2.27. The van der Waals surface area contributed by atoms with E-state index in [0.717, 1.165) is 16.7 Å². The number of carbonyl (C=O) groups is 1. The van der Waals surface area contributed by atoms with Crippen LogP contribution in [0.15, 0.2) is 42.6 Å². The largest absolute Gasteiger partial charge is 0.460 e. The molecule has 2 unspecified atom stereocenters. The van der Waals surface area contributed by atoms with Crippen LogP contribution in [0.1, 0.15) is 56.7 Å². The van der Waals surface area contributed by atoms with E-state index in [4.69, 9.17) is 16.3 Å². The maximum atomic E-state index is 12.9. The van der Waals surface area contributed by atoms with E-state index in [0.29, 0.717) is 11.6 Å². The maximum absolute atomic E-state index is 12.9. The summed E-state index contributed by atoms with van der Waals surface area (Å²) >= 11 is 6.09. The summed E-state index contributed by atoms with van der Waals surface area (Å²) in [5, 5.41) is 0.447. The number of halogens is 1. The van der Waals surface area contributed by atoms with E-state index in [1.165, 1.54) is 5.56 Å². The number of hydrogen-bond donors (Lipinski definition) is 0. The SMILES string of the molecule is CC1c2ccccc2C=C(c2ccnc(Cl)c2)CC1C(=O)OC(C)(C)C. The Balaban J connectivity index is 2.06. The summed E-state index contributed by atoms with van der Waals surface area (Å²) < 4.78 is 5.72. The van der Waals surface area contributed by atoms with Gasteiger partial charge < -0.3 is 4.74 Å². The lowest BCUT2D eigenvalue weighted by molar-refractivity contribution is -0.160. The van der Waals surface area contributed by atoms with Crippen LogP contribution in [0.3, 0.4) is 0 Å². The molecule has 4 heteroatoms. The normalized spacial score (nSPS) is 20.0. The molecule has 0 saturated carbocycles. The molecule has 0 N–H and O–H groups in total. The van der Waals surface area contributed by atoms with Crippen molar-refractivity contribution in [3.63, 3.8) is 0 Å². The molecule has 3 nitrogen and oxygen atoms in total. The molecule has 3 rings (SSSR count). The Hall–Kier alpha value is -2.13. The average Bonchev–Trinajstić information content (AvgIpc) is 2.71. The van der Waals surface area contributed by atoms with Crippen LogP contribution in [0.2, 0.25) is 5.15 Å². The van der Waals surface area contributed by atoms with Gasteiger partial charge in [0.2, 0.25) is 0 Å². The van der Waals surface area contributed by atoms with E-state index in [-0.39, 0.29) is 17.8 Å². The molecule has 2 aromatic rings. The molecule has 0 spiro atoms. The fraction of sp³-hybridized carbons (Fsp3) is 0.364. The first-order valence-corrected chi connectivity index (χ1v) is 9.27. The van der Waals surface area contributed by atoms with Crippen LogP contribution in [0.5, 0.6) is 0 Å². The lowest BCUT2D eigenvalue weighted by atomic mass is 9.83. The molecule has 1 aromatic heterocycles. The molecule has 0 bridgehead atoms. The number of carbonyl (C=O) groups excluding carboxylic acids is 1. The topological polar surface area (TPSA) is 39.2 Å². The average molecular weight is 370 g/mol. The van der Waals surface area contributed by atoms with Crippen molar-refractivity contribution in [2.75, 3.05) is 0 Å². The molecule has 1 aromatic carbocycles. The van der Waals surface area contributed by atoms with Gasteiger partial charge in [0.15, 0.2) is 0 Å². The van der Waals surface area contributed by atoms with Gasteiger partial charge in [0.05, 0.1) is 5.92 Å². The van der Waals surface area contributed by atoms with Crippen molar-refractivity contribution >= 4 is 29.2 Å². The Kier molecular flexibility index (Phi) is 5.19. The zero-order chi connectivity index (χ0) is 18.9. The summed E-state index contributed by atoms with van der Waals surface area (Å²) in [5.74, 6) is -0.351. The molecule has 0 amide bonds. The Bertz CT molecular complexity index is 851. The van der Waals surface area contributed by atoms with Gasteiger partial charge in [0, 0.05) is 6.20 Å². The predicted octanol–water partition coefficient (Wildman–Crippen LogP) is 5.74. The summed E-state index contributed by atoms with van der Waals surface area (Å²) in [6, 6.07) is 12.0. The summed E-state index contributed by atoms with van der Waals surface area (Å²) in [5.41, 5.74) is 3.85. The minimum atomic E-state index is -0.507. The monoisotopic (exact) mass is 369 g/mol. The standard InChI is InChI=1S/C22H24ClNO2/c1-14-18-8-6-5-7-16(18)11-17(15-9-10-24-20(23)13-15)12-19(14)21(25)26-22(2,3)4/h5-11,13-14,19H,12H2,1-4H3. The number of rotatable bonds is 2. The van der Waals surface area contributed by atoms with E-state index in [1.807, 2.05) is 45.0 Å². The number of ether oxygens (including phenoxy) is 1. The third kappa shape index (κ3) is 4.16. The van der Waals surface area contributed by atoms with Crippen molar-refractivity contribution in [1.82, 2.24) is 4.98 Å². The zero-order valence-electron chi connectivity index (χ0n) is 15.6. The minimum absolute atomic E-state index is 0.0621. The van der Waals surface area contributed by atoms with Gasteiger partial charge in [-0.25, -0.2) is 4.98 Å². The van der Waals surface area contributed by atoms with Crippen molar-refractivity contribution in [3.8, 4) is 0 Å². The second-order valence-electron chi connectivity index (χ2n) is 7.80. The first kappa shape index (κ1) is 18.7. The number of allylic oxidation sites excluding steroid dienone is 1. The zero-order valence-corrected chi connectivity index (χ0v) is 16.4. The van der Waals surface area contributed by atoms with Crippen LogP contribution >= 0.6 is 11.6 Å². The van der Waals surface area contributed by atoms with E-state index in [2.05, 4.69) is 30.1 Å². The van der Waals surface area contributed by atoms with E-state index in [1.54, 1.807) is 6.20 Å². The fourth-order valence-corrected chi connectivity index (χ4v) is 3.58. The van der Waals surface area contributed by atoms with Gasteiger partial charge in [-0.1, -0.05) is 48.9 Å². The van der Waals surface area contributed by atoms with Gasteiger partial charge in [-0.05, 0) is 67.5 Å². The van der Waals surface area contributed by atoms with Gasteiger partial charge in [0.1, 0.15) is 10.8 Å². The fourth-order valence-electron chi connectivity index (χ4n) is 3.40. The molecule has 0 radical (unpaired) electrons. The second kappa shape index (κ2) is 7.24. The summed E-state index contributed by atoms with van der Waals surface area (Å²) in [6.07, 6.45) is 4.45. The van der Waals surface area contributed by atoms with Crippen LogP contribution in [0.4, 0.5) is 0 Å². The van der Waals surface area contributed by atoms with Crippen molar-refractivity contribution in [2.45, 2.75) is 45.6 Å². The van der Waals surface area contributed by atoms with Crippen molar-refractivity contribution in [3.05, 3.63) is 64.4 Å². The molecule has 0 fully saturated rings. The molecular formula is C22H24ClNO2. The predicted molar refractivity (Wildman–Crippen MR) is 106 cm³/mol. The van der Waals surface area contributed by atoms with Gasteiger partial charge >= 0.3 is 5.97 Å². The van der Waals surface area contributed by atoms with Crippen LogP contribution in [0, 0.1) is 5.92 Å². The van der Waals surface area contributed by atoms with Crippen LogP contribution in [-0.4, -0.2) is 16.6 Å². The van der Waals surface area contributed by atoms with Gasteiger partial charge in [-0.3, -0.25) is 4.79 Å². The third-order valence-electron chi connectivity index (χ3n) is 4.67. The molecule has 1 heterocycles. The van der Waals surface area contributed by atoms with Gasteiger partial charge in [0.25, 0.3) is 0 Å². The lowest BCUT2D eigenvalue weighted by Crippen LogP contribution is -2.31. The van der Waals surface area contributed by atoms with Gasteiger partial charge in [-0.15, -0.1) is 0 Å². The highest BCUT2D eigenvalue weighted by molar-refractivity contribution is 6.29. The Morgan fingerprint density at radius 3 is 2.65 bits per heavy atom. The number of pyridine rings is 1. The molecule has 0 saturated heterocycles. The minimum Gasteiger partial charge on any atom is -0.460 e. The molecule has 2 atom stereocenters.